The first-order valence-corrected chi connectivity index (χ1v) is 18.8. The fourth-order valence-electron chi connectivity index (χ4n) is 9.93. The zero-order valence-corrected chi connectivity index (χ0v) is 31.3. The SMILES string of the molecule is Cc1cc2c3c(c1)N(c1ccc4c(c1)CC(C)(C)C4)c1cc4c(cc1B3c1cc(C(C)(C)C)ccc1N2c1ccc2c(c1)OCO2)CC(C)(C)C4. The second-order valence-corrected chi connectivity index (χ2v) is 18.6. The van der Waals surface area contributed by atoms with Crippen LogP contribution in [0.1, 0.15) is 81.8 Å². The fourth-order valence-corrected chi connectivity index (χ4v) is 9.93. The van der Waals surface area contributed by atoms with E-state index in [0.717, 1.165) is 42.9 Å². The van der Waals surface area contributed by atoms with Crippen LogP contribution in [0.25, 0.3) is 0 Å². The van der Waals surface area contributed by atoms with Gasteiger partial charge in [0.05, 0.1) is 5.69 Å². The van der Waals surface area contributed by atoms with Gasteiger partial charge in [0.1, 0.15) is 0 Å². The van der Waals surface area contributed by atoms with Crippen LogP contribution in [0.3, 0.4) is 0 Å². The van der Waals surface area contributed by atoms with Crippen molar-refractivity contribution in [1.29, 1.82) is 0 Å². The van der Waals surface area contributed by atoms with Gasteiger partial charge in [-0.25, -0.2) is 0 Å². The van der Waals surface area contributed by atoms with E-state index in [1.54, 1.807) is 0 Å². The summed E-state index contributed by atoms with van der Waals surface area (Å²) in [4.78, 5) is 5.10. The van der Waals surface area contributed by atoms with Gasteiger partial charge in [0.25, 0.3) is 6.71 Å². The van der Waals surface area contributed by atoms with E-state index in [1.165, 1.54) is 78.2 Å². The summed E-state index contributed by atoms with van der Waals surface area (Å²) in [5.41, 5.74) is 20.8. The van der Waals surface area contributed by atoms with Gasteiger partial charge in [-0.3, -0.25) is 0 Å². The number of aryl methyl sites for hydroxylation is 1. The molecule has 5 aliphatic rings. The molecule has 0 saturated heterocycles. The summed E-state index contributed by atoms with van der Waals surface area (Å²) >= 11 is 0. The smallest absolute Gasteiger partial charge is 0.252 e. The Hall–Kier alpha value is -4.64. The third-order valence-electron chi connectivity index (χ3n) is 12.1. The number of nitrogens with zero attached hydrogens (tertiary/aromatic N) is 2. The number of ether oxygens (including phenoxy) is 2. The van der Waals surface area contributed by atoms with Crippen molar-refractivity contribution in [3.63, 3.8) is 0 Å². The third kappa shape index (κ3) is 4.73. The molecule has 0 spiro atoms. The summed E-state index contributed by atoms with van der Waals surface area (Å²) in [6.45, 7) is 19.3. The van der Waals surface area contributed by atoms with E-state index in [2.05, 4.69) is 144 Å². The second kappa shape index (κ2) is 10.2. The molecule has 0 atom stereocenters. The number of fused-ring (bicyclic) bond motifs is 7. The van der Waals surface area contributed by atoms with Gasteiger partial charge in [0, 0.05) is 34.5 Å². The maximum atomic E-state index is 5.95. The Labute approximate surface area is 303 Å². The van der Waals surface area contributed by atoms with Crippen LogP contribution >= 0.6 is 0 Å². The zero-order chi connectivity index (χ0) is 35.2. The molecule has 4 nitrogen and oxygen atoms in total. The van der Waals surface area contributed by atoms with Gasteiger partial charge in [0.15, 0.2) is 11.5 Å². The minimum Gasteiger partial charge on any atom is -0.454 e. The van der Waals surface area contributed by atoms with Gasteiger partial charge in [0.2, 0.25) is 6.79 Å². The molecular weight excluding hydrogens is 623 g/mol. The highest BCUT2D eigenvalue weighted by molar-refractivity contribution is 7.00. The van der Waals surface area contributed by atoms with Gasteiger partial charge in [-0.2, -0.15) is 0 Å². The standard InChI is InChI=1S/C46H47BN2O2/c1-27-15-39-43-40(16-27)49(33-11-9-28-22-45(5,6)23-29(28)17-33)38-19-31-25-46(7,8)24-30(31)18-35(38)47(43)36-20-32(44(2,3)4)10-13-37(36)48(39)34-12-14-41-42(21-34)51-26-50-41/h9-21H,22-26H2,1-8H3. The Bertz CT molecular complexity index is 2330. The summed E-state index contributed by atoms with van der Waals surface area (Å²) in [6.07, 6.45) is 4.48. The molecule has 256 valence electrons. The van der Waals surface area contributed by atoms with E-state index in [-0.39, 0.29) is 24.3 Å². The predicted molar refractivity (Wildman–Crippen MR) is 212 cm³/mol. The molecule has 0 fully saturated rings. The summed E-state index contributed by atoms with van der Waals surface area (Å²) in [5, 5.41) is 0. The molecule has 0 radical (unpaired) electrons. The van der Waals surface area contributed by atoms with Crippen LogP contribution in [-0.2, 0) is 31.1 Å². The maximum Gasteiger partial charge on any atom is 0.252 e. The van der Waals surface area contributed by atoms with E-state index in [1.807, 2.05) is 0 Å². The summed E-state index contributed by atoms with van der Waals surface area (Å²) in [7, 11) is 0. The van der Waals surface area contributed by atoms with Crippen molar-refractivity contribution in [2.75, 3.05) is 16.6 Å². The molecule has 0 saturated carbocycles. The fraction of sp³-hybridized carbons (Fsp3) is 0.348. The van der Waals surface area contributed by atoms with Crippen LogP contribution in [0.5, 0.6) is 11.5 Å². The van der Waals surface area contributed by atoms with E-state index in [9.17, 15) is 0 Å². The predicted octanol–water partition coefficient (Wildman–Crippen LogP) is 9.35. The van der Waals surface area contributed by atoms with Crippen LogP contribution < -0.4 is 35.7 Å². The molecule has 5 aromatic carbocycles. The molecule has 3 heterocycles. The molecule has 5 heteroatoms. The monoisotopic (exact) mass is 670 g/mol. The topological polar surface area (TPSA) is 24.9 Å². The molecule has 0 unspecified atom stereocenters. The van der Waals surface area contributed by atoms with Crippen molar-refractivity contribution in [2.45, 2.75) is 86.5 Å². The normalized spacial score (nSPS) is 18.3. The minimum absolute atomic E-state index is 0.0126. The Morgan fingerprint density at radius 1 is 0.569 bits per heavy atom. The Morgan fingerprint density at radius 2 is 1.16 bits per heavy atom. The van der Waals surface area contributed by atoms with Crippen molar-refractivity contribution >= 4 is 57.2 Å². The first-order chi connectivity index (χ1) is 24.2. The lowest BCUT2D eigenvalue weighted by molar-refractivity contribution is 0.174. The second-order valence-electron chi connectivity index (χ2n) is 18.6. The largest absolute Gasteiger partial charge is 0.454 e. The Morgan fingerprint density at radius 3 is 1.88 bits per heavy atom. The van der Waals surface area contributed by atoms with Crippen molar-refractivity contribution in [3.8, 4) is 11.5 Å². The quantitative estimate of drug-likeness (QED) is 0.171. The Kier molecular flexibility index (Phi) is 6.25. The first-order valence-electron chi connectivity index (χ1n) is 18.8. The van der Waals surface area contributed by atoms with Crippen LogP contribution in [0.2, 0.25) is 0 Å². The maximum absolute atomic E-state index is 5.95. The van der Waals surface area contributed by atoms with E-state index in [4.69, 9.17) is 9.47 Å². The Balaban J connectivity index is 1.28. The van der Waals surface area contributed by atoms with Gasteiger partial charge < -0.3 is 19.3 Å². The molecule has 5 aromatic rings. The van der Waals surface area contributed by atoms with Gasteiger partial charge >= 0.3 is 0 Å². The minimum atomic E-state index is 0.0126. The van der Waals surface area contributed by atoms with Crippen molar-refractivity contribution in [1.82, 2.24) is 0 Å². The van der Waals surface area contributed by atoms with Crippen LogP contribution in [0.15, 0.2) is 78.9 Å². The van der Waals surface area contributed by atoms with Crippen molar-refractivity contribution in [3.05, 3.63) is 112 Å². The molecule has 2 aliphatic carbocycles. The zero-order valence-electron chi connectivity index (χ0n) is 31.3. The molecule has 0 N–H and O–H groups in total. The highest BCUT2D eigenvalue weighted by Gasteiger charge is 2.45. The van der Waals surface area contributed by atoms with E-state index < -0.39 is 0 Å². The van der Waals surface area contributed by atoms with Crippen LogP contribution in [0, 0.1) is 17.8 Å². The average Bonchev–Trinajstić information content (AvgIpc) is 3.74. The lowest BCUT2D eigenvalue weighted by Crippen LogP contribution is -2.61. The van der Waals surface area contributed by atoms with Gasteiger partial charge in [-0.1, -0.05) is 72.7 Å². The lowest BCUT2D eigenvalue weighted by atomic mass is 9.33. The highest BCUT2D eigenvalue weighted by Crippen LogP contribution is 2.49. The average molecular weight is 671 g/mol. The molecule has 10 rings (SSSR count). The van der Waals surface area contributed by atoms with Crippen molar-refractivity contribution < 1.29 is 9.47 Å². The number of hydrogen-bond donors (Lipinski definition) is 0. The summed E-state index contributed by atoms with van der Waals surface area (Å²) in [5.74, 6) is 1.61. The number of hydrogen-bond acceptors (Lipinski definition) is 4. The van der Waals surface area contributed by atoms with E-state index in [0.29, 0.717) is 5.41 Å². The molecule has 3 aliphatic heterocycles. The van der Waals surface area contributed by atoms with Crippen LogP contribution in [0.4, 0.5) is 34.1 Å². The third-order valence-corrected chi connectivity index (χ3v) is 12.1. The lowest BCUT2D eigenvalue weighted by Gasteiger charge is -2.45. The highest BCUT2D eigenvalue weighted by atomic mass is 16.7. The van der Waals surface area contributed by atoms with Gasteiger partial charge in [-0.15, -0.1) is 0 Å². The molecule has 0 bridgehead atoms. The molecule has 0 aromatic heterocycles. The van der Waals surface area contributed by atoms with E-state index >= 15 is 0 Å². The summed E-state index contributed by atoms with van der Waals surface area (Å²) < 4.78 is 11.7. The number of rotatable bonds is 2. The molecule has 0 amide bonds. The van der Waals surface area contributed by atoms with Crippen molar-refractivity contribution in [2.24, 2.45) is 10.8 Å². The number of benzene rings is 5. The molecular formula is C46H47BN2O2. The summed E-state index contributed by atoms with van der Waals surface area (Å²) in [6, 6.07) is 31.0. The van der Waals surface area contributed by atoms with Crippen LogP contribution in [-0.4, -0.2) is 13.5 Å². The van der Waals surface area contributed by atoms with Gasteiger partial charge in [-0.05, 0) is 147 Å². The first kappa shape index (κ1) is 31.1. The molecule has 51 heavy (non-hydrogen) atoms. The number of anilines is 6.